The molecule has 2 N–H and O–H groups in total. The minimum atomic E-state index is 0. The predicted octanol–water partition coefficient (Wildman–Crippen LogP) is 3.46. The summed E-state index contributed by atoms with van der Waals surface area (Å²) >= 11 is 1.56. The normalized spacial score (nSPS) is 15.7. The van der Waals surface area contributed by atoms with Crippen molar-refractivity contribution >= 4 is 42.1 Å². The number of aromatic nitrogens is 1. The molecule has 1 atom stereocenters. The Labute approximate surface area is 170 Å². The van der Waals surface area contributed by atoms with Gasteiger partial charge in [-0.1, -0.05) is 0 Å². The third-order valence-electron chi connectivity index (χ3n) is 4.01. The molecule has 1 fully saturated rings. The standard InChI is InChI=1S/C18H23N3O2S.2ClH/c1-2-23-16-7-5-13(6-8-16)18-21-15(12-24-18)10-17(22)20-11-14-4-3-9-19-14;;/h5-8,12,14,19H,2-4,9-11H2,1H3,(H,20,22);2*1H. The summed E-state index contributed by atoms with van der Waals surface area (Å²) in [4.78, 5) is 16.6. The zero-order valence-corrected chi connectivity index (χ0v) is 17.1. The van der Waals surface area contributed by atoms with E-state index >= 15 is 0 Å². The number of amides is 1. The number of nitrogens with one attached hydrogen (secondary N) is 2. The topological polar surface area (TPSA) is 63.2 Å². The minimum absolute atomic E-state index is 0. The van der Waals surface area contributed by atoms with E-state index in [0.29, 0.717) is 25.6 Å². The van der Waals surface area contributed by atoms with Crippen molar-refractivity contribution in [1.82, 2.24) is 15.6 Å². The average Bonchev–Trinajstić information content (AvgIpc) is 3.26. The van der Waals surface area contributed by atoms with E-state index in [4.69, 9.17) is 4.74 Å². The number of hydrogen-bond donors (Lipinski definition) is 2. The molecule has 1 unspecified atom stereocenters. The Kier molecular flexibility index (Phi) is 9.94. The number of ether oxygens (including phenoxy) is 1. The second kappa shape index (κ2) is 11.4. The molecule has 5 nitrogen and oxygen atoms in total. The van der Waals surface area contributed by atoms with Crippen molar-refractivity contribution in [2.45, 2.75) is 32.2 Å². The van der Waals surface area contributed by atoms with Gasteiger partial charge in [-0.2, -0.15) is 0 Å². The van der Waals surface area contributed by atoms with Crippen LogP contribution < -0.4 is 15.4 Å². The number of carbonyl (C=O) groups excluding carboxylic acids is 1. The van der Waals surface area contributed by atoms with Crippen LogP contribution in [0, 0.1) is 0 Å². The van der Waals surface area contributed by atoms with Crippen molar-refractivity contribution in [3.05, 3.63) is 35.3 Å². The number of thiazole rings is 1. The van der Waals surface area contributed by atoms with Crippen LogP contribution in [-0.2, 0) is 11.2 Å². The number of halogens is 2. The Hall–Kier alpha value is -1.34. The van der Waals surface area contributed by atoms with Gasteiger partial charge in [-0.3, -0.25) is 4.79 Å². The monoisotopic (exact) mass is 417 g/mol. The molecule has 2 heterocycles. The van der Waals surface area contributed by atoms with Gasteiger partial charge in [-0.05, 0) is 50.6 Å². The van der Waals surface area contributed by atoms with Crippen molar-refractivity contribution in [3.63, 3.8) is 0 Å². The lowest BCUT2D eigenvalue weighted by atomic mass is 10.2. The predicted molar refractivity (Wildman–Crippen MR) is 111 cm³/mol. The summed E-state index contributed by atoms with van der Waals surface area (Å²) in [6.45, 7) is 4.38. The van der Waals surface area contributed by atoms with Crippen LogP contribution in [0.15, 0.2) is 29.6 Å². The van der Waals surface area contributed by atoms with Crippen LogP contribution in [0.5, 0.6) is 5.75 Å². The molecule has 8 heteroatoms. The van der Waals surface area contributed by atoms with E-state index in [9.17, 15) is 4.79 Å². The van der Waals surface area contributed by atoms with Gasteiger partial charge in [0.15, 0.2) is 0 Å². The van der Waals surface area contributed by atoms with Gasteiger partial charge in [0.05, 0.1) is 18.7 Å². The van der Waals surface area contributed by atoms with E-state index < -0.39 is 0 Å². The molecule has 0 saturated carbocycles. The SMILES string of the molecule is CCOc1ccc(-c2nc(CC(=O)NCC3CCCN3)cs2)cc1.Cl.Cl. The summed E-state index contributed by atoms with van der Waals surface area (Å²) in [5.41, 5.74) is 1.87. The van der Waals surface area contributed by atoms with Gasteiger partial charge < -0.3 is 15.4 Å². The molecule has 1 aliphatic heterocycles. The van der Waals surface area contributed by atoms with Crippen LogP contribution in [0.2, 0.25) is 0 Å². The van der Waals surface area contributed by atoms with Gasteiger partial charge in [0, 0.05) is 23.5 Å². The zero-order valence-electron chi connectivity index (χ0n) is 14.7. The maximum Gasteiger partial charge on any atom is 0.226 e. The molecule has 1 aromatic carbocycles. The van der Waals surface area contributed by atoms with Gasteiger partial charge in [-0.15, -0.1) is 36.2 Å². The van der Waals surface area contributed by atoms with Crippen molar-refractivity contribution in [1.29, 1.82) is 0 Å². The van der Waals surface area contributed by atoms with Crippen molar-refractivity contribution in [2.75, 3.05) is 19.7 Å². The van der Waals surface area contributed by atoms with E-state index in [2.05, 4.69) is 15.6 Å². The third kappa shape index (κ3) is 6.43. The first-order valence-electron chi connectivity index (χ1n) is 8.42. The molecule has 144 valence electrons. The van der Waals surface area contributed by atoms with Crippen LogP contribution in [0.3, 0.4) is 0 Å². The molecular weight excluding hydrogens is 393 g/mol. The van der Waals surface area contributed by atoms with Gasteiger partial charge >= 0.3 is 0 Å². The summed E-state index contributed by atoms with van der Waals surface area (Å²) in [6.07, 6.45) is 2.66. The van der Waals surface area contributed by atoms with E-state index in [1.54, 1.807) is 11.3 Å². The fraction of sp³-hybridized carbons (Fsp3) is 0.444. The molecule has 1 aliphatic rings. The number of hydrogen-bond acceptors (Lipinski definition) is 5. The van der Waals surface area contributed by atoms with Crippen LogP contribution in [0.1, 0.15) is 25.5 Å². The molecule has 2 aromatic rings. The summed E-state index contributed by atoms with van der Waals surface area (Å²) < 4.78 is 5.45. The molecular formula is C18H25Cl2N3O2S. The van der Waals surface area contributed by atoms with Crippen LogP contribution >= 0.6 is 36.2 Å². The Morgan fingerprint density at radius 2 is 2.12 bits per heavy atom. The summed E-state index contributed by atoms with van der Waals surface area (Å²) in [5.74, 6) is 0.894. The molecule has 1 aromatic heterocycles. The Morgan fingerprint density at radius 1 is 1.35 bits per heavy atom. The largest absolute Gasteiger partial charge is 0.494 e. The quantitative estimate of drug-likeness (QED) is 0.723. The highest BCUT2D eigenvalue weighted by atomic mass is 35.5. The molecule has 3 rings (SSSR count). The van der Waals surface area contributed by atoms with Gasteiger partial charge in [-0.25, -0.2) is 4.98 Å². The van der Waals surface area contributed by atoms with Crippen molar-refractivity contribution < 1.29 is 9.53 Å². The number of benzene rings is 1. The maximum absolute atomic E-state index is 12.0. The first-order valence-corrected chi connectivity index (χ1v) is 9.30. The molecule has 26 heavy (non-hydrogen) atoms. The maximum atomic E-state index is 12.0. The Balaban J connectivity index is 0.00000169. The number of nitrogens with zero attached hydrogens (tertiary/aromatic N) is 1. The second-order valence-electron chi connectivity index (χ2n) is 5.88. The van der Waals surface area contributed by atoms with Gasteiger partial charge in [0.2, 0.25) is 5.91 Å². The lowest BCUT2D eigenvalue weighted by molar-refractivity contribution is -0.120. The molecule has 0 spiro atoms. The Morgan fingerprint density at radius 3 is 2.77 bits per heavy atom. The van der Waals surface area contributed by atoms with Crippen LogP contribution in [0.4, 0.5) is 0 Å². The molecule has 0 aliphatic carbocycles. The summed E-state index contributed by atoms with van der Waals surface area (Å²) in [7, 11) is 0. The molecule has 1 amide bonds. The van der Waals surface area contributed by atoms with E-state index in [-0.39, 0.29) is 30.7 Å². The van der Waals surface area contributed by atoms with Crippen LogP contribution in [0.25, 0.3) is 10.6 Å². The van der Waals surface area contributed by atoms with E-state index in [1.807, 2.05) is 36.6 Å². The number of rotatable bonds is 7. The second-order valence-corrected chi connectivity index (χ2v) is 6.73. The van der Waals surface area contributed by atoms with Crippen LogP contribution in [-0.4, -0.2) is 36.6 Å². The first-order chi connectivity index (χ1) is 11.7. The molecule has 0 bridgehead atoms. The fourth-order valence-corrected chi connectivity index (χ4v) is 3.60. The lowest BCUT2D eigenvalue weighted by Crippen LogP contribution is -2.37. The van der Waals surface area contributed by atoms with E-state index in [1.165, 1.54) is 6.42 Å². The highest BCUT2D eigenvalue weighted by molar-refractivity contribution is 7.13. The zero-order chi connectivity index (χ0) is 16.8. The van der Waals surface area contributed by atoms with E-state index in [0.717, 1.165) is 35.0 Å². The molecule has 0 radical (unpaired) electrons. The smallest absolute Gasteiger partial charge is 0.226 e. The third-order valence-corrected chi connectivity index (χ3v) is 4.95. The first kappa shape index (κ1) is 22.7. The summed E-state index contributed by atoms with van der Waals surface area (Å²) in [5, 5.41) is 9.25. The van der Waals surface area contributed by atoms with Gasteiger partial charge in [0.1, 0.15) is 10.8 Å². The van der Waals surface area contributed by atoms with Crippen molar-refractivity contribution in [2.24, 2.45) is 0 Å². The van der Waals surface area contributed by atoms with Gasteiger partial charge in [0.25, 0.3) is 0 Å². The summed E-state index contributed by atoms with van der Waals surface area (Å²) in [6, 6.07) is 8.31. The fourth-order valence-electron chi connectivity index (χ4n) is 2.78. The Bertz CT molecular complexity index is 673. The number of carbonyl (C=O) groups is 1. The minimum Gasteiger partial charge on any atom is -0.494 e. The molecule has 1 saturated heterocycles. The highest BCUT2D eigenvalue weighted by Crippen LogP contribution is 2.26. The average molecular weight is 418 g/mol. The lowest BCUT2D eigenvalue weighted by Gasteiger charge is -2.10. The van der Waals surface area contributed by atoms with Crippen molar-refractivity contribution in [3.8, 4) is 16.3 Å². The highest BCUT2D eigenvalue weighted by Gasteiger charge is 2.15.